The lowest BCUT2D eigenvalue weighted by molar-refractivity contribution is -0.136. The van der Waals surface area contributed by atoms with Crippen LogP contribution in [0.4, 0.5) is 4.39 Å². The fraction of sp³-hybridized carbons (Fsp3) is 0.321. The SMILES string of the molecule is Cc1ccc(C(CCCOc2ccc(CNCCC(=O)O)cc2F)c2cccc(Cl)c2)cc1C. The zero-order valence-electron chi connectivity index (χ0n) is 19.6. The van der Waals surface area contributed by atoms with E-state index in [1.807, 2.05) is 18.2 Å². The summed E-state index contributed by atoms with van der Waals surface area (Å²) in [5.41, 5.74) is 5.64. The minimum atomic E-state index is -0.863. The molecule has 3 aromatic rings. The normalized spacial score (nSPS) is 11.9. The van der Waals surface area contributed by atoms with Crippen molar-refractivity contribution in [1.29, 1.82) is 0 Å². The molecule has 0 bridgehead atoms. The Bertz CT molecular complexity index is 1120. The second kappa shape index (κ2) is 12.5. The summed E-state index contributed by atoms with van der Waals surface area (Å²) in [6.45, 7) is 5.36. The molecular formula is C28H31ClFNO3. The summed E-state index contributed by atoms with van der Waals surface area (Å²) >= 11 is 6.26. The maximum atomic E-state index is 14.5. The quantitative estimate of drug-likeness (QED) is 0.283. The molecule has 34 heavy (non-hydrogen) atoms. The minimum Gasteiger partial charge on any atom is -0.491 e. The van der Waals surface area contributed by atoms with Crippen molar-refractivity contribution in [2.24, 2.45) is 0 Å². The van der Waals surface area contributed by atoms with Gasteiger partial charge in [-0.25, -0.2) is 4.39 Å². The lowest BCUT2D eigenvalue weighted by atomic mass is 9.86. The summed E-state index contributed by atoms with van der Waals surface area (Å²) < 4.78 is 20.2. The molecule has 0 fully saturated rings. The molecule has 0 saturated carbocycles. The van der Waals surface area contributed by atoms with Crippen LogP contribution in [-0.2, 0) is 11.3 Å². The highest BCUT2D eigenvalue weighted by atomic mass is 35.5. The van der Waals surface area contributed by atoms with Crippen LogP contribution in [0.25, 0.3) is 0 Å². The Balaban J connectivity index is 1.59. The molecule has 2 N–H and O–H groups in total. The van der Waals surface area contributed by atoms with Crippen LogP contribution in [0.3, 0.4) is 0 Å². The Morgan fingerprint density at radius 3 is 2.56 bits per heavy atom. The monoisotopic (exact) mass is 483 g/mol. The Morgan fingerprint density at radius 1 is 1.06 bits per heavy atom. The van der Waals surface area contributed by atoms with Gasteiger partial charge in [-0.05, 0) is 78.8 Å². The van der Waals surface area contributed by atoms with E-state index in [9.17, 15) is 9.18 Å². The summed E-state index contributed by atoms with van der Waals surface area (Å²) in [6, 6.07) is 19.3. The molecule has 3 aromatic carbocycles. The van der Waals surface area contributed by atoms with E-state index in [1.54, 1.807) is 12.1 Å². The Kier molecular flexibility index (Phi) is 9.49. The van der Waals surface area contributed by atoms with E-state index in [0.717, 1.165) is 24.0 Å². The van der Waals surface area contributed by atoms with Crippen LogP contribution in [-0.4, -0.2) is 24.2 Å². The van der Waals surface area contributed by atoms with E-state index in [0.29, 0.717) is 24.7 Å². The fourth-order valence-corrected chi connectivity index (χ4v) is 4.10. The van der Waals surface area contributed by atoms with Gasteiger partial charge in [0, 0.05) is 24.0 Å². The van der Waals surface area contributed by atoms with Crippen LogP contribution >= 0.6 is 11.6 Å². The van der Waals surface area contributed by atoms with Gasteiger partial charge in [0.2, 0.25) is 0 Å². The highest BCUT2D eigenvalue weighted by molar-refractivity contribution is 6.30. The van der Waals surface area contributed by atoms with Crippen molar-refractivity contribution in [3.05, 3.63) is 99.3 Å². The van der Waals surface area contributed by atoms with Crippen LogP contribution in [0.1, 0.15) is 53.0 Å². The molecule has 0 spiro atoms. The zero-order valence-corrected chi connectivity index (χ0v) is 20.4. The van der Waals surface area contributed by atoms with Crippen LogP contribution in [0.2, 0.25) is 5.02 Å². The summed E-state index contributed by atoms with van der Waals surface area (Å²) in [4.78, 5) is 10.6. The minimum absolute atomic E-state index is 0.0298. The van der Waals surface area contributed by atoms with Crippen molar-refractivity contribution in [3.63, 3.8) is 0 Å². The van der Waals surface area contributed by atoms with Gasteiger partial charge in [-0.3, -0.25) is 4.79 Å². The van der Waals surface area contributed by atoms with Gasteiger partial charge in [0.25, 0.3) is 0 Å². The van der Waals surface area contributed by atoms with E-state index in [4.69, 9.17) is 21.4 Å². The number of rotatable bonds is 12. The standard InChI is InChI=1S/C28H31ClFNO3/c1-19-8-10-23(15-20(19)2)25(22-5-3-6-24(29)17-22)7-4-14-34-27-11-9-21(16-26(27)30)18-31-13-12-28(32)33/h3,5-6,8-11,15-17,25,31H,4,7,12-14,18H2,1-2H3,(H,32,33). The Hall–Kier alpha value is -2.89. The third-order valence-electron chi connectivity index (χ3n) is 5.92. The number of nitrogens with one attached hydrogen (secondary N) is 1. The smallest absolute Gasteiger partial charge is 0.304 e. The number of ether oxygens (including phenoxy) is 1. The molecule has 1 unspecified atom stereocenters. The fourth-order valence-electron chi connectivity index (χ4n) is 3.90. The van der Waals surface area contributed by atoms with Crippen molar-refractivity contribution < 1.29 is 19.0 Å². The number of hydrogen-bond donors (Lipinski definition) is 2. The second-order valence-electron chi connectivity index (χ2n) is 8.53. The first-order chi connectivity index (χ1) is 16.3. The molecule has 0 heterocycles. The first-order valence-electron chi connectivity index (χ1n) is 11.5. The predicted octanol–water partition coefficient (Wildman–Crippen LogP) is 6.65. The largest absolute Gasteiger partial charge is 0.491 e. The lowest BCUT2D eigenvalue weighted by Crippen LogP contribution is -2.17. The zero-order chi connectivity index (χ0) is 24.5. The summed E-state index contributed by atoms with van der Waals surface area (Å²) in [7, 11) is 0. The molecule has 0 aromatic heterocycles. The number of aliphatic carboxylic acids is 1. The first-order valence-corrected chi connectivity index (χ1v) is 11.9. The molecule has 0 radical (unpaired) electrons. The van der Waals surface area contributed by atoms with Crippen LogP contribution in [0.5, 0.6) is 5.75 Å². The van der Waals surface area contributed by atoms with E-state index in [2.05, 4.69) is 43.4 Å². The number of carboxylic acids is 1. The molecule has 0 aliphatic carbocycles. The molecule has 0 aliphatic heterocycles. The molecule has 0 aliphatic rings. The molecule has 0 saturated heterocycles. The number of hydrogen-bond acceptors (Lipinski definition) is 3. The summed E-state index contributed by atoms with van der Waals surface area (Å²) in [5, 5.41) is 12.4. The van der Waals surface area contributed by atoms with E-state index in [1.165, 1.54) is 22.8 Å². The predicted molar refractivity (Wildman–Crippen MR) is 134 cm³/mol. The number of carbonyl (C=O) groups is 1. The number of benzene rings is 3. The van der Waals surface area contributed by atoms with Crippen molar-refractivity contribution >= 4 is 17.6 Å². The van der Waals surface area contributed by atoms with E-state index < -0.39 is 11.8 Å². The van der Waals surface area contributed by atoms with Crippen molar-refractivity contribution in [3.8, 4) is 5.75 Å². The van der Waals surface area contributed by atoms with Gasteiger partial charge in [-0.15, -0.1) is 0 Å². The maximum absolute atomic E-state index is 14.5. The van der Waals surface area contributed by atoms with Gasteiger partial charge < -0.3 is 15.2 Å². The van der Waals surface area contributed by atoms with Gasteiger partial charge in [0.1, 0.15) is 0 Å². The summed E-state index contributed by atoms with van der Waals surface area (Å²) in [5.74, 6) is -0.888. The highest BCUT2D eigenvalue weighted by Gasteiger charge is 2.16. The topological polar surface area (TPSA) is 58.6 Å². The van der Waals surface area contributed by atoms with E-state index in [-0.39, 0.29) is 18.1 Å². The highest BCUT2D eigenvalue weighted by Crippen LogP contribution is 2.32. The number of halogens is 2. The second-order valence-corrected chi connectivity index (χ2v) is 8.96. The Morgan fingerprint density at radius 2 is 1.85 bits per heavy atom. The van der Waals surface area contributed by atoms with Gasteiger partial charge >= 0.3 is 5.97 Å². The average molecular weight is 484 g/mol. The third kappa shape index (κ3) is 7.57. The molecule has 180 valence electrons. The first kappa shape index (κ1) is 25.7. The third-order valence-corrected chi connectivity index (χ3v) is 6.16. The molecule has 3 rings (SSSR count). The average Bonchev–Trinajstić information content (AvgIpc) is 2.80. The Labute approximate surface area is 205 Å². The molecular weight excluding hydrogens is 453 g/mol. The van der Waals surface area contributed by atoms with Gasteiger partial charge in [-0.2, -0.15) is 0 Å². The van der Waals surface area contributed by atoms with Crippen LogP contribution in [0.15, 0.2) is 60.7 Å². The van der Waals surface area contributed by atoms with Gasteiger partial charge in [0.15, 0.2) is 11.6 Å². The van der Waals surface area contributed by atoms with Crippen molar-refractivity contribution in [1.82, 2.24) is 5.32 Å². The molecule has 0 amide bonds. The molecule has 4 nitrogen and oxygen atoms in total. The van der Waals surface area contributed by atoms with Crippen LogP contribution in [0, 0.1) is 19.7 Å². The summed E-state index contributed by atoms with van der Waals surface area (Å²) in [6.07, 6.45) is 1.63. The molecule has 1 atom stereocenters. The van der Waals surface area contributed by atoms with Crippen LogP contribution < -0.4 is 10.1 Å². The molecule has 6 heteroatoms. The number of aryl methyl sites for hydroxylation is 2. The van der Waals surface area contributed by atoms with Gasteiger partial charge in [-0.1, -0.05) is 48.0 Å². The van der Waals surface area contributed by atoms with Gasteiger partial charge in [0.05, 0.1) is 13.0 Å². The lowest BCUT2D eigenvalue weighted by Gasteiger charge is -2.20. The number of carboxylic acid groups (broad SMARTS) is 1. The maximum Gasteiger partial charge on any atom is 0.304 e. The van der Waals surface area contributed by atoms with Crippen molar-refractivity contribution in [2.45, 2.75) is 45.6 Å². The van der Waals surface area contributed by atoms with E-state index >= 15 is 0 Å². The van der Waals surface area contributed by atoms with Crippen molar-refractivity contribution in [2.75, 3.05) is 13.2 Å².